The molecule has 0 heterocycles. The topological polar surface area (TPSA) is 35.8 Å². The van der Waals surface area contributed by atoms with Gasteiger partial charge in [-0.05, 0) is 19.4 Å². The Balaban J connectivity index is 2.60. The molecule has 1 aromatic carbocycles. The van der Waals surface area contributed by atoms with Crippen molar-refractivity contribution < 1.29 is 0 Å². The second kappa shape index (κ2) is 4.64. The Kier molecular flexibility index (Phi) is 3.48. The predicted molar refractivity (Wildman–Crippen MR) is 53.1 cm³/mol. The lowest BCUT2D eigenvalue weighted by Crippen LogP contribution is -2.27. The molecule has 0 aliphatic rings. The van der Waals surface area contributed by atoms with E-state index in [-0.39, 0.29) is 12.1 Å². The van der Waals surface area contributed by atoms with Crippen LogP contribution in [0.4, 0.5) is 0 Å². The molecule has 0 aromatic heterocycles. The van der Waals surface area contributed by atoms with Gasteiger partial charge in [0.2, 0.25) is 0 Å². The van der Waals surface area contributed by atoms with Gasteiger partial charge in [0, 0.05) is 6.04 Å². The van der Waals surface area contributed by atoms with Crippen LogP contribution in [0, 0.1) is 11.3 Å². The number of nitrogens with one attached hydrogen (secondary N) is 1. The molecule has 2 heteroatoms. The molecule has 1 rings (SSSR count). The molecule has 13 heavy (non-hydrogen) atoms. The third-order valence-corrected chi connectivity index (χ3v) is 1.99. The zero-order valence-corrected chi connectivity index (χ0v) is 7.99. The summed E-state index contributed by atoms with van der Waals surface area (Å²) in [5.41, 5.74) is 1.21. The van der Waals surface area contributed by atoms with E-state index in [2.05, 4.69) is 30.4 Å². The highest BCUT2D eigenvalue weighted by Gasteiger charge is 2.06. The van der Waals surface area contributed by atoms with Crippen LogP contribution in [0.1, 0.15) is 25.5 Å². The second-order valence-corrected chi connectivity index (χ2v) is 3.15. The standard InChI is InChI=1S/C11H14N2/c1-9(8-12)13-10(2)11-6-4-3-5-7-11/h3-7,9-10,13H,1-2H3/t9-,10-/m0/s1. The lowest BCUT2D eigenvalue weighted by molar-refractivity contribution is 0.543. The van der Waals surface area contributed by atoms with Crippen LogP contribution in [0.5, 0.6) is 0 Å². The van der Waals surface area contributed by atoms with Crippen LogP contribution >= 0.6 is 0 Å². The fourth-order valence-electron chi connectivity index (χ4n) is 1.25. The molecule has 0 saturated carbocycles. The van der Waals surface area contributed by atoms with Gasteiger partial charge < -0.3 is 0 Å². The first-order valence-electron chi connectivity index (χ1n) is 4.44. The number of hydrogen-bond donors (Lipinski definition) is 1. The SMILES string of the molecule is C[C@H](N[C@@H](C)C#N)c1ccccc1. The van der Waals surface area contributed by atoms with Gasteiger partial charge in [-0.15, -0.1) is 0 Å². The molecular formula is C11H14N2. The van der Waals surface area contributed by atoms with E-state index in [1.807, 2.05) is 25.1 Å². The third kappa shape index (κ3) is 2.89. The van der Waals surface area contributed by atoms with Crippen molar-refractivity contribution in [1.82, 2.24) is 5.32 Å². The van der Waals surface area contributed by atoms with Gasteiger partial charge in [0.25, 0.3) is 0 Å². The fraction of sp³-hybridized carbons (Fsp3) is 0.364. The third-order valence-electron chi connectivity index (χ3n) is 1.99. The van der Waals surface area contributed by atoms with Crippen LogP contribution in [-0.2, 0) is 0 Å². The van der Waals surface area contributed by atoms with Gasteiger partial charge >= 0.3 is 0 Å². The zero-order chi connectivity index (χ0) is 9.68. The van der Waals surface area contributed by atoms with E-state index >= 15 is 0 Å². The molecule has 2 atom stereocenters. The van der Waals surface area contributed by atoms with E-state index in [0.29, 0.717) is 0 Å². The minimum atomic E-state index is -0.102. The second-order valence-electron chi connectivity index (χ2n) is 3.15. The average Bonchev–Trinajstić information content (AvgIpc) is 2.19. The Morgan fingerprint density at radius 3 is 2.38 bits per heavy atom. The number of rotatable bonds is 3. The summed E-state index contributed by atoms with van der Waals surface area (Å²) in [5.74, 6) is 0. The van der Waals surface area contributed by atoms with Crippen molar-refractivity contribution in [2.75, 3.05) is 0 Å². The van der Waals surface area contributed by atoms with E-state index in [0.717, 1.165) is 0 Å². The maximum Gasteiger partial charge on any atom is 0.0929 e. The van der Waals surface area contributed by atoms with Crippen LogP contribution in [-0.4, -0.2) is 6.04 Å². The molecule has 0 saturated heterocycles. The highest BCUT2D eigenvalue weighted by atomic mass is 14.9. The van der Waals surface area contributed by atoms with E-state index in [4.69, 9.17) is 5.26 Å². The summed E-state index contributed by atoms with van der Waals surface area (Å²) in [5, 5.41) is 11.8. The first kappa shape index (κ1) is 9.76. The zero-order valence-electron chi connectivity index (χ0n) is 7.99. The van der Waals surface area contributed by atoms with Gasteiger partial charge in [0.05, 0.1) is 12.1 Å². The van der Waals surface area contributed by atoms with Crippen LogP contribution in [0.3, 0.4) is 0 Å². The van der Waals surface area contributed by atoms with Gasteiger partial charge in [0.1, 0.15) is 0 Å². The average molecular weight is 174 g/mol. The first-order chi connectivity index (χ1) is 6.24. The number of hydrogen-bond acceptors (Lipinski definition) is 2. The monoisotopic (exact) mass is 174 g/mol. The van der Waals surface area contributed by atoms with Gasteiger partial charge in [0.15, 0.2) is 0 Å². The van der Waals surface area contributed by atoms with Crippen LogP contribution in [0.15, 0.2) is 30.3 Å². The molecule has 0 amide bonds. The summed E-state index contributed by atoms with van der Waals surface area (Å²) in [6, 6.07) is 12.4. The summed E-state index contributed by atoms with van der Waals surface area (Å²) < 4.78 is 0. The van der Waals surface area contributed by atoms with Crippen molar-refractivity contribution in [2.45, 2.75) is 25.9 Å². The summed E-state index contributed by atoms with van der Waals surface area (Å²) in [7, 11) is 0. The molecule has 0 unspecified atom stereocenters. The molecule has 0 spiro atoms. The Bertz CT molecular complexity index is 287. The largest absolute Gasteiger partial charge is 0.296 e. The normalized spacial score (nSPS) is 14.5. The maximum absolute atomic E-state index is 8.62. The summed E-state index contributed by atoms with van der Waals surface area (Å²) in [6.45, 7) is 3.92. The van der Waals surface area contributed by atoms with Gasteiger partial charge in [-0.25, -0.2) is 0 Å². The predicted octanol–water partition coefficient (Wildman–Crippen LogP) is 2.25. The fourth-order valence-corrected chi connectivity index (χ4v) is 1.25. The molecule has 0 fully saturated rings. The lowest BCUT2D eigenvalue weighted by atomic mass is 10.1. The highest BCUT2D eigenvalue weighted by Crippen LogP contribution is 2.11. The van der Waals surface area contributed by atoms with Gasteiger partial charge in [-0.1, -0.05) is 30.3 Å². The molecule has 0 radical (unpaired) electrons. The van der Waals surface area contributed by atoms with Gasteiger partial charge in [-0.3, -0.25) is 5.32 Å². The van der Waals surface area contributed by atoms with Crippen molar-refractivity contribution >= 4 is 0 Å². The molecular weight excluding hydrogens is 160 g/mol. The van der Waals surface area contributed by atoms with Crippen molar-refractivity contribution in [1.29, 1.82) is 5.26 Å². The Labute approximate surface area is 79.2 Å². The Morgan fingerprint density at radius 2 is 1.85 bits per heavy atom. The summed E-state index contributed by atoms with van der Waals surface area (Å²) in [6.07, 6.45) is 0. The summed E-state index contributed by atoms with van der Waals surface area (Å²) in [4.78, 5) is 0. The van der Waals surface area contributed by atoms with Crippen molar-refractivity contribution in [2.24, 2.45) is 0 Å². The maximum atomic E-state index is 8.62. The quantitative estimate of drug-likeness (QED) is 0.762. The van der Waals surface area contributed by atoms with Crippen LogP contribution in [0.25, 0.3) is 0 Å². The molecule has 68 valence electrons. The van der Waals surface area contributed by atoms with E-state index in [1.165, 1.54) is 5.56 Å². The first-order valence-corrected chi connectivity index (χ1v) is 4.44. The van der Waals surface area contributed by atoms with Crippen LogP contribution < -0.4 is 5.32 Å². The van der Waals surface area contributed by atoms with E-state index < -0.39 is 0 Å². The molecule has 0 aliphatic heterocycles. The molecule has 1 aromatic rings. The summed E-state index contributed by atoms with van der Waals surface area (Å²) >= 11 is 0. The van der Waals surface area contributed by atoms with Crippen molar-refractivity contribution in [3.63, 3.8) is 0 Å². The Morgan fingerprint density at radius 1 is 1.23 bits per heavy atom. The molecule has 0 aliphatic carbocycles. The molecule has 0 bridgehead atoms. The van der Waals surface area contributed by atoms with Crippen molar-refractivity contribution in [3.8, 4) is 6.07 Å². The molecule has 1 N–H and O–H groups in total. The smallest absolute Gasteiger partial charge is 0.0929 e. The minimum Gasteiger partial charge on any atom is -0.296 e. The molecule has 2 nitrogen and oxygen atoms in total. The lowest BCUT2D eigenvalue weighted by Gasteiger charge is -2.15. The van der Waals surface area contributed by atoms with Gasteiger partial charge in [-0.2, -0.15) is 5.26 Å². The number of nitriles is 1. The minimum absolute atomic E-state index is 0.102. The Hall–Kier alpha value is -1.33. The van der Waals surface area contributed by atoms with Crippen LogP contribution in [0.2, 0.25) is 0 Å². The van der Waals surface area contributed by atoms with Crippen molar-refractivity contribution in [3.05, 3.63) is 35.9 Å². The van der Waals surface area contributed by atoms with E-state index in [1.54, 1.807) is 0 Å². The number of nitrogens with zero attached hydrogens (tertiary/aromatic N) is 1. The highest BCUT2D eigenvalue weighted by molar-refractivity contribution is 5.18. The number of benzene rings is 1. The van der Waals surface area contributed by atoms with E-state index in [9.17, 15) is 0 Å².